The number of amides is 1. The van der Waals surface area contributed by atoms with E-state index in [1.54, 1.807) is 12.4 Å². The molecule has 1 saturated heterocycles. The van der Waals surface area contributed by atoms with Crippen molar-refractivity contribution >= 4 is 11.9 Å². The Bertz CT molecular complexity index is 939. The van der Waals surface area contributed by atoms with Gasteiger partial charge in [-0.1, -0.05) is 0 Å². The van der Waals surface area contributed by atoms with Crippen LogP contribution in [-0.2, 0) is 24.2 Å². The molecule has 0 aromatic carbocycles. The maximum absolute atomic E-state index is 11.8. The fourth-order valence-electron chi connectivity index (χ4n) is 4.39. The summed E-state index contributed by atoms with van der Waals surface area (Å²) in [4.78, 5) is 29.3. The first-order valence-corrected chi connectivity index (χ1v) is 9.88. The van der Waals surface area contributed by atoms with Crippen LogP contribution < -0.4 is 29.7 Å². The fourth-order valence-corrected chi connectivity index (χ4v) is 4.39. The van der Waals surface area contributed by atoms with Crippen LogP contribution in [0.25, 0.3) is 11.3 Å². The molecule has 0 spiro atoms. The molecule has 3 N–H and O–H groups in total. The standard InChI is InChI=1S/C20H25N5O4.Li/c21-19(27)12-4-7-24(8-5-12)10-14(26)11-25-18(20(28)29)16-2-1-13-9-22-6-3-15(13)17(16)23-25;/h3,6,9,12,14,26H,1-2,4-5,7-8,10-11H2,(H2,21,27)(H,28,29);/q;+1/p-1. The molecule has 2 aromatic rings. The minimum atomic E-state index is -1.29. The number of aromatic nitrogens is 3. The van der Waals surface area contributed by atoms with Crippen LogP contribution in [-0.4, -0.2) is 62.4 Å². The van der Waals surface area contributed by atoms with Crippen molar-refractivity contribution in [3.63, 3.8) is 0 Å². The first kappa shape index (κ1) is 22.5. The van der Waals surface area contributed by atoms with Gasteiger partial charge in [-0.15, -0.1) is 0 Å². The van der Waals surface area contributed by atoms with Crippen LogP contribution in [0.3, 0.4) is 0 Å². The molecule has 1 amide bonds. The quantitative estimate of drug-likeness (QED) is 0.467. The number of aliphatic hydroxyl groups excluding tert-OH is 1. The molecule has 9 nitrogen and oxygen atoms in total. The summed E-state index contributed by atoms with van der Waals surface area (Å²) >= 11 is 0. The summed E-state index contributed by atoms with van der Waals surface area (Å²) < 4.78 is 1.36. The zero-order valence-corrected chi connectivity index (χ0v) is 17.1. The van der Waals surface area contributed by atoms with E-state index in [9.17, 15) is 19.8 Å². The normalized spacial score (nSPS) is 17.5. The zero-order valence-electron chi connectivity index (χ0n) is 17.1. The van der Waals surface area contributed by atoms with Crippen LogP contribution in [0.4, 0.5) is 0 Å². The van der Waals surface area contributed by atoms with Gasteiger partial charge in [-0.05, 0) is 50.4 Å². The van der Waals surface area contributed by atoms with Crippen molar-refractivity contribution in [3.8, 4) is 11.3 Å². The Kier molecular flexibility index (Phi) is 6.98. The van der Waals surface area contributed by atoms with Crippen LogP contribution in [0.2, 0.25) is 0 Å². The third kappa shape index (κ3) is 4.44. The van der Waals surface area contributed by atoms with E-state index in [2.05, 4.69) is 15.0 Å². The first-order chi connectivity index (χ1) is 13.9. The van der Waals surface area contributed by atoms with Crippen molar-refractivity contribution in [1.29, 1.82) is 0 Å². The summed E-state index contributed by atoms with van der Waals surface area (Å²) in [6.07, 6.45) is 5.24. The van der Waals surface area contributed by atoms with E-state index in [4.69, 9.17) is 5.73 Å². The summed E-state index contributed by atoms with van der Waals surface area (Å²) in [6, 6.07) is 1.84. The number of hydrogen-bond donors (Lipinski definition) is 2. The molecule has 1 aliphatic carbocycles. The van der Waals surface area contributed by atoms with Gasteiger partial charge >= 0.3 is 18.9 Å². The van der Waals surface area contributed by atoms with Gasteiger partial charge in [0, 0.05) is 36.0 Å². The van der Waals surface area contributed by atoms with Crippen molar-refractivity contribution in [2.75, 3.05) is 19.6 Å². The largest absolute Gasteiger partial charge is 1.00 e. The van der Waals surface area contributed by atoms with Crippen molar-refractivity contribution in [1.82, 2.24) is 19.7 Å². The van der Waals surface area contributed by atoms with Crippen LogP contribution >= 0.6 is 0 Å². The van der Waals surface area contributed by atoms with Gasteiger partial charge < -0.3 is 25.6 Å². The predicted molar refractivity (Wildman–Crippen MR) is 102 cm³/mol. The molecule has 1 fully saturated rings. The Morgan fingerprint density at radius 3 is 2.67 bits per heavy atom. The summed E-state index contributed by atoms with van der Waals surface area (Å²) in [5.74, 6) is -1.67. The molecule has 1 aliphatic heterocycles. The van der Waals surface area contributed by atoms with Gasteiger partial charge in [0.05, 0.1) is 30.0 Å². The molecular weight excluding hydrogens is 381 g/mol. The number of fused-ring (bicyclic) bond motifs is 3. The van der Waals surface area contributed by atoms with Crippen LogP contribution in [0, 0.1) is 5.92 Å². The van der Waals surface area contributed by atoms with Crippen LogP contribution in [0.15, 0.2) is 18.5 Å². The maximum Gasteiger partial charge on any atom is 1.00 e. The minimum Gasteiger partial charge on any atom is -0.543 e. The number of carboxylic acid groups (broad SMARTS) is 1. The third-order valence-electron chi connectivity index (χ3n) is 5.89. The van der Waals surface area contributed by atoms with Gasteiger partial charge in [0.15, 0.2) is 0 Å². The number of piperidine rings is 1. The van der Waals surface area contributed by atoms with E-state index in [0.717, 1.165) is 11.1 Å². The van der Waals surface area contributed by atoms with Crippen molar-refractivity contribution < 1.29 is 38.7 Å². The maximum atomic E-state index is 11.8. The molecule has 30 heavy (non-hydrogen) atoms. The van der Waals surface area contributed by atoms with E-state index in [1.807, 2.05) is 6.07 Å². The van der Waals surface area contributed by atoms with Gasteiger partial charge in [-0.3, -0.25) is 14.5 Å². The molecule has 10 heteroatoms. The summed E-state index contributed by atoms with van der Waals surface area (Å²) in [5.41, 5.74) is 8.59. The number of carbonyl (C=O) groups excluding carboxylic acids is 2. The number of carboxylic acids is 1. The summed E-state index contributed by atoms with van der Waals surface area (Å²) in [7, 11) is 0. The van der Waals surface area contributed by atoms with Gasteiger partial charge in [-0.25, -0.2) is 0 Å². The van der Waals surface area contributed by atoms with Crippen LogP contribution in [0.5, 0.6) is 0 Å². The summed E-state index contributed by atoms with van der Waals surface area (Å²) in [6.45, 7) is 1.79. The SMILES string of the molecule is NC(=O)C1CCN(CC(O)Cn2nc3c(c2C(=O)[O-])CCc2cnccc2-3)CC1.[Li+]. The van der Waals surface area contributed by atoms with Gasteiger partial charge in [0.1, 0.15) is 0 Å². The molecule has 0 radical (unpaired) electrons. The number of rotatable bonds is 6. The Morgan fingerprint density at radius 1 is 1.27 bits per heavy atom. The number of nitrogens with two attached hydrogens (primary N) is 1. The monoisotopic (exact) mass is 405 g/mol. The first-order valence-electron chi connectivity index (χ1n) is 9.88. The second-order valence-corrected chi connectivity index (χ2v) is 7.81. The van der Waals surface area contributed by atoms with E-state index in [0.29, 0.717) is 56.6 Å². The Labute approximate surface area is 186 Å². The number of aryl methyl sites for hydroxylation is 1. The van der Waals surface area contributed by atoms with Crippen molar-refractivity contribution in [3.05, 3.63) is 35.3 Å². The van der Waals surface area contributed by atoms with Crippen LogP contribution in [0.1, 0.15) is 34.5 Å². The molecular formula is C20H24LiN5O4. The summed E-state index contributed by atoms with van der Waals surface area (Å²) in [5, 5.41) is 26.9. The topological polar surface area (TPSA) is 137 Å². The molecule has 0 bridgehead atoms. The second-order valence-electron chi connectivity index (χ2n) is 7.81. The second kappa shape index (κ2) is 9.31. The molecule has 0 saturated carbocycles. The number of nitrogens with zero attached hydrogens (tertiary/aromatic N) is 4. The predicted octanol–water partition coefficient (Wildman–Crippen LogP) is -4.03. The van der Waals surface area contributed by atoms with E-state index in [-0.39, 0.29) is 42.9 Å². The number of aromatic carboxylic acids is 1. The molecule has 2 aromatic heterocycles. The number of likely N-dealkylation sites (tertiary alicyclic amines) is 1. The van der Waals surface area contributed by atoms with Crippen molar-refractivity contribution in [2.24, 2.45) is 11.7 Å². The van der Waals surface area contributed by atoms with E-state index < -0.39 is 12.1 Å². The number of primary amides is 1. The Morgan fingerprint density at radius 2 is 2.00 bits per heavy atom. The van der Waals surface area contributed by atoms with E-state index >= 15 is 0 Å². The smallest absolute Gasteiger partial charge is 0.543 e. The van der Waals surface area contributed by atoms with Gasteiger partial charge in [0.25, 0.3) is 0 Å². The van der Waals surface area contributed by atoms with E-state index in [1.165, 1.54) is 4.68 Å². The fraction of sp³-hybridized carbons (Fsp3) is 0.500. The molecule has 4 rings (SSSR count). The number of β-amino-alcohol motifs (C(OH)–C–C–N with tert-alkyl or cyclic N) is 1. The molecule has 1 unspecified atom stereocenters. The third-order valence-corrected chi connectivity index (χ3v) is 5.89. The number of aliphatic hydroxyl groups is 1. The number of pyridine rings is 1. The molecule has 3 heterocycles. The van der Waals surface area contributed by atoms with Crippen molar-refractivity contribution in [2.45, 2.75) is 38.3 Å². The van der Waals surface area contributed by atoms with Gasteiger partial charge in [-0.2, -0.15) is 5.10 Å². The number of hydrogen-bond acceptors (Lipinski definition) is 7. The minimum absolute atomic E-state index is 0. The molecule has 2 aliphatic rings. The Hall–Kier alpha value is -2.18. The number of carbonyl (C=O) groups is 2. The van der Waals surface area contributed by atoms with Gasteiger partial charge in [0.2, 0.25) is 5.91 Å². The molecule has 154 valence electrons. The average molecular weight is 405 g/mol. The Balaban J connectivity index is 0.00000256. The average Bonchev–Trinajstić information content (AvgIpc) is 3.06. The molecule has 1 atom stereocenters. The zero-order chi connectivity index (χ0) is 20.5.